The van der Waals surface area contributed by atoms with Crippen LogP contribution in [0.1, 0.15) is 65.2 Å². The summed E-state index contributed by atoms with van der Waals surface area (Å²) in [6.07, 6.45) is 10.8. The van der Waals surface area contributed by atoms with Crippen LogP contribution in [0.5, 0.6) is 0 Å². The molecule has 0 aliphatic carbocycles. The summed E-state index contributed by atoms with van der Waals surface area (Å²) in [5.41, 5.74) is 3.45. The standard InChI is InChI=1S/C13H26N2S2/c1-4-5-6-7-8-9-10-11-13(2)14-15(3)12(16)17-13/h14H,4-11H2,1-3H3. The maximum Gasteiger partial charge on any atom is 0.152 e. The van der Waals surface area contributed by atoms with E-state index in [1.54, 1.807) is 11.8 Å². The fraction of sp³-hybridized carbons (Fsp3) is 0.923. The summed E-state index contributed by atoms with van der Waals surface area (Å²) in [7, 11) is 2.01. The van der Waals surface area contributed by atoms with Crippen molar-refractivity contribution in [1.82, 2.24) is 10.4 Å². The van der Waals surface area contributed by atoms with Gasteiger partial charge in [0, 0.05) is 7.05 Å². The summed E-state index contributed by atoms with van der Waals surface area (Å²) >= 11 is 7.06. The van der Waals surface area contributed by atoms with Gasteiger partial charge in [0.05, 0.1) is 4.87 Å². The molecule has 1 aliphatic rings. The second-order valence-electron chi connectivity index (χ2n) is 5.14. The molecular weight excluding hydrogens is 248 g/mol. The maximum atomic E-state index is 5.27. The summed E-state index contributed by atoms with van der Waals surface area (Å²) in [6.45, 7) is 4.52. The molecule has 1 aliphatic heterocycles. The van der Waals surface area contributed by atoms with E-state index in [0.717, 1.165) is 4.32 Å². The molecule has 1 fully saturated rings. The number of hydrogen-bond donors (Lipinski definition) is 1. The summed E-state index contributed by atoms with van der Waals surface area (Å²) < 4.78 is 0.968. The lowest BCUT2D eigenvalue weighted by Gasteiger charge is -2.23. The Kier molecular flexibility index (Phi) is 6.82. The lowest BCUT2D eigenvalue weighted by atomic mass is 10.1. The molecule has 1 heterocycles. The zero-order valence-electron chi connectivity index (χ0n) is 11.4. The highest BCUT2D eigenvalue weighted by Gasteiger charge is 2.35. The first kappa shape index (κ1) is 15.3. The molecule has 4 heteroatoms. The molecule has 0 spiro atoms. The lowest BCUT2D eigenvalue weighted by Crippen LogP contribution is -2.41. The first-order chi connectivity index (χ1) is 8.07. The smallest absolute Gasteiger partial charge is 0.152 e. The maximum absolute atomic E-state index is 5.27. The van der Waals surface area contributed by atoms with Crippen LogP contribution in [0.3, 0.4) is 0 Å². The van der Waals surface area contributed by atoms with E-state index < -0.39 is 0 Å². The van der Waals surface area contributed by atoms with Crippen LogP contribution < -0.4 is 5.43 Å². The molecule has 1 rings (SSSR count). The molecule has 17 heavy (non-hydrogen) atoms. The van der Waals surface area contributed by atoms with E-state index >= 15 is 0 Å². The van der Waals surface area contributed by atoms with Gasteiger partial charge in [-0.2, -0.15) is 0 Å². The molecule has 100 valence electrons. The Labute approximate surface area is 116 Å². The third-order valence-electron chi connectivity index (χ3n) is 3.25. The lowest BCUT2D eigenvalue weighted by molar-refractivity contribution is 0.299. The Morgan fingerprint density at radius 2 is 1.76 bits per heavy atom. The Bertz CT molecular complexity index is 246. The van der Waals surface area contributed by atoms with E-state index in [0.29, 0.717) is 0 Å². The SMILES string of the molecule is CCCCCCCCCC1(C)NN(C)C(=S)S1. The fourth-order valence-electron chi connectivity index (χ4n) is 2.21. The van der Waals surface area contributed by atoms with Crippen molar-refractivity contribution in [3.8, 4) is 0 Å². The molecule has 0 radical (unpaired) electrons. The zero-order chi connectivity index (χ0) is 12.7. The molecule has 0 bridgehead atoms. The van der Waals surface area contributed by atoms with Gasteiger partial charge in [0.2, 0.25) is 0 Å². The van der Waals surface area contributed by atoms with Gasteiger partial charge >= 0.3 is 0 Å². The van der Waals surface area contributed by atoms with Gasteiger partial charge in [-0.1, -0.05) is 75.8 Å². The molecular formula is C13H26N2S2. The third kappa shape index (κ3) is 5.58. The quantitative estimate of drug-likeness (QED) is 0.524. The van der Waals surface area contributed by atoms with Crippen molar-refractivity contribution in [2.24, 2.45) is 0 Å². The minimum Gasteiger partial charge on any atom is -0.295 e. The average molecular weight is 274 g/mol. The molecule has 2 nitrogen and oxygen atoms in total. The van der Waals surface area contributed by atoms with Gasteiger partial charge in [0.25, 0.3) is 0 Å². The van der Waals surface area contributed by atoms with Gasteiger partial charge in [0.1, 0.15) is 0 Å². The molecule has 1 unspecified atom stereocenters. The number of nitrogens with one attached hydrogen (secondary N) is 1. The predicted octanol–water partition coefficient (Wildman–Crippen LogP) is 4.31. The fourth-order valence-corrected chi connectivity index (χ4v) is 3.81. The van der Waals surface area contributed by atoms with Crippen LogP contribution in [0.25, 0.3) is 0 Å². The number of nitrogens with zero attached hydrogens (tertiary/aromatic N) is 1. The Morgan fingerprint density at radius 1 is 1.18 bits per heavy atom. The Morgan fingerprint density at radius 3 is 2.29 bits per heavy atom. The molecule has 0 aromatic rings. The Balaban J connectivity index is 2.05. The van der Waals surface area contributed by atoms with Crippen molar-refractivity contribution < 1.29 is 0 Å². The van der Waals surface area contributed by atoms with Gasteiger partial charge in [-0.15, -0.1) is 0 Å². The number of hydrogen-bond acceptors (Lipinski definition) is 3. The minimum atomic E-state index is 0.134. The summed E-state index contributed by atoms with van der Waals surface area (Å²) in [5, 5.41) is 1.97. The zero-order valence-corrected chi connectivity index (χ0v) is 13.1. The first-order valence-electron chi connectivity index (χ1n) is 6.82. The predicted molar refractivity (Wildman–Crippen MR) is 82.1 cm³/mol. The van der Waals surface area contributed by atoms with Gasteiger partial charge < -0.3 is 0 Å². The minimum absolute atomic E-state index is 0.134. The van der Waals surface area contributed by atoms with Crippen LogP contribution >= 0.6 is 24.0 Å². The van der Waals surface area contributed by atoms with Crippen molar-refractivity contribution in [3.63, 3.8) is 0 Å². The summed E-state index contributed by atoms with van der Waals surface area (Å²) in [6, 6.07) is 0. The third-order valence-corrected chi connectivity index (χ3v) is 4.97. The van der Waals surface area contributed by atoms with Gasteiger partial charge in [-0.05, 0) is 13.3 Å². The van der Waals surface area contributed by atoms with Crippen LogP contribution in [-0.2, 0) is 0 Å². The van der Waals surface area contributed by atoms with E-state index in [-0.39, 0.29) is 4.87 Å². The molecule has 0 aromatic carbocycles. The molecule has 0 amide bonds. The highest BCUT2D eigenvalue weighted by molar-refractivity contribution is 8.24. The molecule has 0 aromatic heterocycles. The second kappa shape index (κ2) is 7.59. The number of thioether (sulfide) groups is 1. The van der Waals surface area contributed by atoms with Gasteiger partial charge in [-0.3, -0.25) is 5.01 Å². The molecule has 1 saturated heterocycles. The van der Waals surface area contributed by atoms with Crippen molar-refractivity contribution in [2.75, 3.05) is 7.05 Å². The average Bonchev–Trinajstić information content (AvgIpc) is 2.52. The largest absolute Gasteiger partial charge is 0.295 e. The normalized spacial score (nSPS) is 24.6. The molecule has 1 atom stereocenters. The highest BCUT2D eigenvalue weighted by Crippen LogP contribution is 2.35. The van der Waals surface area contributed by atoms with Crippen LogP contribution in [0.4, 0.5) is 0 Å². The Hall–Kier alpha value is 0.200. The van der Waals surface area contributed by atoms with E-state index in [4.69, 9.17) is 12.2 Å². The van der Waals surface area contributed by atoms with E-state index in [1.807, 2.05) is 12.1 Å². The van der Waals surface area contributed by atoms with Crippen molar-refractivity contribution in [1.29, 1.82) is 0 Å². The summed E-state index contributed by atoms with van der Waals surface area (Å²) in [5.74, 6) is 0. The number of rotatable bonds is 8. The summed E-state index contributed by atoms with van der Waals surface area (Å²) in [4.78, 5) is 0.134. The van der Waals surface area contributed by atoms with E-state index in [2.05, 4.69) is 19.3 Å². The van der Waals surface area contributed by atoms with E-state index in [1.165, 1.54) is 51.4 Å². The van der Waals surface area contributed by atoms with Crippen LogP contribution in [0, 0.1) is 0 Å². The van der Waals surface area contributed by atoms with Crippen LogP contribution in [0.15, 0.2) is 0 Å². The van der Waals surface area contributed by atoms with Crippen molar-refractivity contribution >= 4 is 28.3 Å². The first-order valence-corrected chi connectivity index (χ1v) is 8.04. The van der Waals surface area contributed by atoms with Gasteiger partial charge in [0.15, 0.2) is 4.32 Å². The van der Waals surface area contributed by atoms with Crippen LogP contribution in [-0.4, -0.2) is 21.2 Å². The molecule has 0 saturated carbocycles. The van der Waals surface area contributed by atoms with Crippen LogP contribution in [0.2, 0.25) is 0 Å². The van der Waals surface area contributed by atoms with Gasteiger partial charge in [-0.25, -0.2) is 5.43 Å². The number of thiocarbonyl (C=S) groups is 1. The number of hydrazine groups is 1. The monoisotopic (exact) mass is 274 g/mol. The highest BCUT2D eigenvalue weighted by atomic mass is 32.2. The van der Waals surface area contributed by atoms with Crippen molar-refractivity contribution in [2.45, 2.75) is 70.1 Å². The topological polar surface area (TPSA) is 15.3 Å². The van der Waals surface area contributed by atoms with Crippen molar-refractivity contribution in [3.05, 3.63) is 0 Å². The number of unbranched alkanes of at least 4 members (excludes halogenated alkanes) is 6. The van der Waals surface area contributed by atoms with E-state index in [9.17, 15) is 0 Å². The second-order valence-corrected chi connectivity index (χ2v) is 7.28. The molecule has 1 N–H and O–H groups in total.